The molecule has 0 saturated carbocycles. The predicted octanol–water partition coefficient (Wildman–Crippen LogP) is 3.80. The number of hydrogen-bond acceptors (Lipinski definition) is 5. The Hall–Kier alpha value is -3.22. The number of rotatable bonds is 7. The molecule has 0 atom stereocenters. The number of esters is 1. The van der Waals surface area contributed by atoms with Crippen molar-refractivity contribution in [1.29, 1.82) is 0 Å². The van der Waals surface area contributed by atoms with Crippen LogP contribution in [0.2, 0.25) is 0 Å². The number of para-hydroxylation sites is 1. The van der Waals surface area contributed by atoms with E-state index in [1.165, 1.54) is 30.3 Å². The van der Waals surface area contributed by atoms with Gasteiger partial charge in [0, 0.05) is 11.8 Å². The lowest BCUT2D eigenvalue weighted by molar-refractivity contribution is -0.385. The predicted molar refractivity (Wildman–Crippen MR) is 92.7 cm³/mol. The van der Waals surface area contributed by atoms with E-state index in [0.29, 0.717) is 17.9 Å². The van der Waals surface area contributed by atoms with Crippen molar-refractivity contribution in [3.05, 3.63) is 69.8 Å². The SMILES string of the molecule is CCCCOC(=O)c1ccc(NC(=O)c2ccccc2[N+](=O)[O-])cc1. The molecule has 0 aliphatic heterocycles. The van der Waals surface area contributed by atoms with Crippen LogP contribution in [0.3, 0.4) is 0 Å². The second-order valence-corrected chi connectivity index (χ2v) is 5.30. The minimum absolute atomic E-state index is 0.0319. The lowest BCUT2D eigenvalue weighted by Crippen LogP contribution is -2.14. The van der Waals surface area contributed by atoms with Gasteiger partial charge in [0.2, 0.25) is 0 Å². The van der Waals surface area contributed by atoms with Gasteiger partial charge in [-0.15, -0.1) is 0 Å². The van der Waals surface area contributed by atoms with Crippen molar-refractivity contribution in [2.75, 3.05) is 11.9 Å². The normalized spacial score (nSPS) is 10.1. The number of unbranched alkanes of at least 4 members (excludes halogenated alkanes) is 1. The van der Waals surface area contributed by atoms with Crippen molar-refractivity contribution >= 4 is 23.3 Å². The molecule has 0 unspecified atom stereocenters. The van der Waals surface area contributed by atoms with Gasteiger partial charge >= 0.3 is 5.97 Å². The van der Waals surface area contributed by atoms with Crippen LogP contribution in [0.4, 0.5) is 11.4 Å². The van der Waals surface area contributed by atoms with Crippen LogP contribution in [0.15, 0.2) is 48.5 Å². The van der Waals surface area contributed by atoms with Crippen molar-refractivity contribution in [1.82, 2.24) is 0 Å². The van der Waals surface area contributed by atoms with Crippen LogP contribution in [-0.2, 0) is 4.74 Å². The van der Waals surface area contributed by atoms with Crippen molar-refractivity contribution in [3.8, 4) is 0 Å². The van der Waals surface area contributed by atoms with Gasteiger partial charge in [-0.3, -0.25) is 14.9 Å². The molecule has 2 aromatic carbocycles. The molecule has 7 nitrogen and oxygen atoms in total. The Labute approximate surface area is 144 Å². The Balaban J connectivity index is 2.05. The summed E-state index contributed by atoms with van der Waals surface area (Å²) in [6.45, 7) is 2.37. The maximum atomic E-state index is 12.2. The van der Waals surface area contributed by atoms with Gasteiger partial charge < -0.3 is 10.1 Å². The van der Waals surface area contributed by atoms with Crippen LogP contribution < -0.4 is 5.32 Å². The number of amides is 1. The van der Waals surface area contributed by atoms with Gasteiger partial charge in [0.15, 0.2) is 0 Å². The smallest absolute Gasteiger partial charge is 0.338 e. The molecule has 0 saturated heterocycles. The Morgan fingerprint density at radius 3 is 2.44 bits per heavy atom. The Kier molecular flexibility index (Phi) is 6.22. The summed E-state index contributed by atoms with van der Waals surface area (Å²) in [6, 6.07) is 11.8. The zero-order valence-electron chi connectivity index (χ0n) is 13.7. The summed E-state index contributed by atoms with van der Waals surface area (Å²) in [4.78, 5) is 34.4. The number of anilines is 1. The second kappa shape index (κ2) is 8.58. The molecule has 2 aromatic rings. The van der Waals surface area contributed by atoms with E-state index in [0.717, 1.165) is 12.8 Å². The largest absolute Gasteiger partial charge is 0.462 e. The highest BCUT2D eigenvalue weighted by Gasteiger charge is 2.19. The van der Waals surface area contributed by atoms with E-state index in [2.05, 4.69) is 5.32 Å². The average Bonchev–Trinajstić information content (AvgIpc) is 2.62. The molecule has 2 rings (SSSR count). The van der Waals surface area contributed by atoms with Crippen LogP contribution >= 0.6 is 0 Å². The fourth-order valence-electron chi connectivity index (χ4n) is 2.11. The van der Waals surface area contributed by atoms with E-state index < -0.39 is 16.8 Å². The molecule has 0 aromatic heterocycles. The van der Waals surface area contributed by atoms with Gasteiger partial charge in [-0.05, 0) is 36.8 Å². The number of carbonyl (C=O) groups excluding carboxylic acids is 2. The van der Waals surface area contributed by atoms with Crippen molar-refractivity contribution in [2.45, 2.75) is 19.8 Å². The first-order valence-corrected chi connectivity index (χ1v) is 7.85. The number of benzene rings is 2. The lowest BCUT2D eigenvalue weighted by Gasteiger charge is -2.07. The third kappa shape index (κ3) is 4.87. The van der Waals surface area contributed by atoms with Crippen LogP contribution in [-0.4, -0.2) is 23.4 Å². The molecule has 0 aliphatic rings. The average molecular weight is 342 g/mol. The lowest BCUT2D eigenvalue weighted by atomic mass is 10.1. The Bertz CT molecular complexity index is 771. The zero-order chi connectivity index (χ0) is 18.2. The number of hydrogen-bond donors (Lipinski definition) is 1. The summed E-state index contributed by atoms with van der Waals surface area (Å²) in [5.74, 6) is -1.02. The van der Waals surface area contributed by atoms with Crippen molar-refractivity contribution < 1.29 is 19.2 Å². The number of nitrogens with one attached hydrogen (secondary N) is 1. The highest BCUT2D eigenvalue weighted by atomic mass is 16.6. The van der Waals surface area contributed by atoms with Crippen molar-refractivity contribution in [2.24, 2.45) is 0 Å². The third-order valence-electron chi connectivity index (χ3n) is 3.45. The third-order valence-corrected chi connectivity index (χ3v) is 3.45. The molecule has 7 heteroatoms. The minimum atomic E-state index is -0.607. The molecule has 0 spiro atoms. The summed E-state index contributed by atoms with van der Waals surface area (Å²) >= 11 is 0. The minimum Gasteiger partial charge on any atom is -0.462 e. The number of ether oxygens (including phenoxy) is 1. The van der Waals surface area contributed by atoms with Crippen LogP contribution in [0.1, 0.15) is 40.5 Å². The fourth-order valence-corrected chi connectivity index (χ4v) is 2.11. The molecule has 0 fully saturated rings. The van der Waals surface area contributed by atoms with Gasteiger partial charge in [0.05, 0.1) is 17.1 Å². The molecular formula is C18H18N2O5. The Morgan fingerprint density at radius 2 is 1.80 bits per heavy atom. The molecule has 1 amide bonds. The van der Waals surface area contributed by atoms with Gasteiger partial charge in [-0.25, -0.2) is 4.79 Å². The summed E-state index contributed by atoms with van der Waals surface area (Å²) in [7, 11) is 0. The number of nitro benzene ring substituents is 1. The number of nitro groups is 1. The summed E-state index contributed by atoms with van der Waals surface area (Å²) in [5.41, 5.74) is 0.500. The highest BCUT2D eigenvalue weighted by Crippen LogP contribution is 2.19. The first kappa shape index (κ1) is 18.1. The van der Waals surface area contributed by atoms with E-state index in [1.54, 1.807) is 18.2 Å². The zero-order valence-corrected chi connectivity index (χ0v) is 13.7. The molecule has 0 aliphatic carbocycles. The Morgan fingerprint density at radius 1 is 1.12 bits per heavy atom. The highest BCUT2D eigenvalue weighted by molar-refractivity contribution is 6.07. The van der Waals surface area contributed by atoms with Gasteiger partial charge in [0.25, 0.3) is 11.6 Å². The molecule has 0 bridgehead atoms. The maximum Gasteiger partial charge on any atom is 0.338 e. The van der Waals surface area contributed by atoms with Gasteiger partial charge in [0.1, 0.15) is 5.56 Å². The molecule has 0 radical (unpaired) electrons. The topological polar surface area (TPSA) is 98.5 Å². The molecule has 0 heterocycles. The maximum absolute atomic E-state index is 12.2. The van der Waals surface area contributed by atoms with Crippen molar-refractivity contribution in [3.63, 3.8) is 0 Å². The first-order chi connectivity index (χ1) is 12.0. The van der Waals surface area contributed by atoms with Crippen LogP contribution in [0.25, 0.3) is 0 Å². The van der Waals surface area contributed by atoms with E-state index in [-0.39, 0.29) is 11.3 Å². The van der Waals surface area contributed by atoms with E-state index in [9.17, 15) is 19.7 Å². The number of carbonyl (C=O) groups is 2. The fraction of sp³-hybridized carbons (Fsp3) is 0.222. The summed E-state index contributed by atoms with van der Waals surface area (Å²) in [5, 5.41) is 13.6. The first-order valence-electron chi connectivity index (χ1n) is 7.85. The standard InChI is InChI=1S/C18H18N2O5/c1-2-3-12-25-18(22)13-8-10-14(11-9-13)19-17(21)15-6-4-5-7-16(15)20(23)24/h4-11H,2-3,12H2,1H3,(H,19,21). The van der Waals surface area contributed by atoms with E-state index >= 15 is 0 Å². The summed E-state index contributed by atoms with van der Waals surface area (Å²) < 4.78 is 5.10. The van der Waals surface area contributed by atoms with Crippen LogP contribution in [0.5, 0.6) is 0 Å². The van der Waals surface area contributed by atoms with Gasteiger partial charge in [-0.1, -0.05) is 25.5 Å². The number of nitrogens with zero attached hydrogens (tertiary/aromatic N) is 1. The molecule has 130 valence electrons. The molecule has 1 N–H and O–H groups in total. The van der Waals surface area contributed by atoms with E-state index in [4.69, 9.17) is 4.74 Å². The van der Waals surface area contributed by atoms with Crippen LogP contribution in [0, 0.1) is 10.1 Å². The van der Waals surface area contributed by atoms with E-state index in [1.807, 2.05) is 6.92 Å². The summed E-state index contributed by atoms with van der Waals surface area (Å²) in [6.07, 6.45) is 1.74. The molecule has 25 heavy (non-hydrogen) atoms. The second-order valence-electron chi connectivity index (χ2n) is 5.30. The quantitative estimate of drug-likeness (QED) is 0.357. The van der Waals surface area contributed by atoms with Gasteiger partial charge in [-0.2, -0.15) is 0 Å². The monoisotopic (exact) mass is 342 g/mol. The molecular weight excluding hydrogens is 324 g/mol.